The molecule has 1 aliphatic rings. The van der Waals surface area contributed by atoms with Crippen molar-refractivity contribution in [2.45, 2.75) is 59.4 Å². The Morgan fingerprint density at radius 1 is 1.24 bits per heavy atom. The highest BCUT2D eigenvalue weighted by Crippen LogP contribution is 2.26. The molecule has 0 bridgehead atoms. The topological polar surface area (TPSA) is 28.2 Å². The zero-order chi connectivity index (χ0) is 15.1. The predicted octanol–water partition coefficient (Wildman–Crippen LogP) is 3.77. The Kier molecular flexibility index (Phi) is 6.50. The fourth-order valence-electron chi connectivity index (χ4n) is 3.17. The molecule has 3 nitrogen and oxygen atoms in total. The Morgan fingerprint density at radius 2 is 2.10 bits per heavy atom. The molecule has 0 aromatic carbocycles. The van der Waals surface area contributed by atoms with Gasteiger partial charge in [-0.25, -0.2) is 4.98 Å². The van der Waals surface area contributed by atoms with E-state index < -0.39 is 0 Å². The monoisotopic (exact) mass is 289 g/mol. The molecule has 1 saturated heterocycles. The van der Waals surface area contributed by atoms with Crippen LogP contribution >= 0.6 is 0 Å². The zero-order valence-corrected chi connectivity index (χ0v) is 14.0. The first-order chi connectivity index (χ1) is 10.3. The number of hydrogen-bond acceptors (Lipinski definition) is 3. The van der Waals surface area contributed by atoms with Gasteiger partial charge in [0.2, 0.25) is 0 Å². The summed E-state index contributed by atoms with van der Waals surface area (Å²) in [6.07, 6.45) is 6.18. The van der Waals surface area contributed by atoms with Gasteiger partial charge in [-0.1, -0.05) is 27.2 Å². The van der Waals surface area contributed by atoms with Gasteiger partial charge in [-0.05, 0) is 55.8 Å². The highest BCUT2D eigenvalue weighted by atomic mass is 15.2. The Bertz CT molecular complexity index is 430. The van der Waals surface area contributed by atoms with Crippen LogP contribution in [-0.2, 0) is 13.0 Å². The quantitative estimate of drug-likeness (QED) is 0.738. The van der Waals surface area contributed by atoms with Crippen LogP contribution in [0.4, 0.5) is 5.82 Å². The summed E-state index contributed by atoms with van der Waals surface area (Å²) in [7, 11) is 0. The van der Waals surface area contributed by atoms with E-state index >= 15 is 0 Å². The summed E-state index contributed by atoms with van der Waals surface area (Å²) >= 11 is 0. The first-order valence-electron chi connectivity index (χ1n) is 8.72. The summed E-state index contributed by atoms with van der Waals surface area (Å²) in [6, 6.07) is 4.54. The van der Waals surface area contributed by atoms with Gasteiger partial charge in [0.1, 0.15) is 5.82 Å². The molecule has 0 saturated carbocycles. The van der Waals surface area contributed by atoms with Gasteiger partial charge in [-0.2, -0.15) is 0 Å². The number of aryl methyl sites for hydroxylation is 1. The molecule has 21 heavy (non-hydrogen) atoms. The summed E-state index contributed by atoms with van der Waals surface area (Å²) in [5.74, 6) is 2.06. The molecule has 3 heteroatoms. The van der Waals surface area contributed by atoms with Crippen LogP contribution in [0.3, 0.4) is 0 Å². The van der Waals surface area contributed by atoms with Gasteiger partial charge in [0, 0.05) is 25.3 Å². The second-order valence-electron chi connectivity index (χ2n) is 6.24. The molecule has 2 rings (SSSR count). The maximum absolute atomic E-state index is 4.85. The molecule has 118 valence electrons. The molecular formula is C18H31N3. The van der Waals surface area contributed by atoms with E-state index in [2.05, 4.69) is 43.1 Å². The lowest BCUT2D eigenvalue weighted by Crippen LogP contribution is -2.22. The summed E-state index contributed by atoms with van der Waals surface area (Å²) < 4.78 is 0. The average molecular weight is 289 g/mol. The summed E-state index contributed by atoms with van der Waals surface area (Å²) in [5.41, 5.74) is 2.60. The second kappa shape index (κ2) is 8.38. The molecule has 1 unspecified atom stereocenters. The number of aromatic nitrogens is 1. The van der Waals surface area contributed by atoms with Gasteiger partial charge in [0.15, 0.2) is 0 Å². The summed E-state index contributed by atoms with van der Waals surface area (Å²) in [4.78, 5) is 7.34. The van der Waals surface area contributed by atoms with Crippen molar-refractivity contribution in [1.29, 1.82) is 0 Å². The number of nitrogens with one attached hydrogen (secondary N) is 1. The van der Waals surface area contributed by atoms with Crippen LogP contribution in [0, 0.1) is 5.92 Å². The lowest BCUT2D eigenvalue weighted by molar-refractivity contribution is 0.529. The molecule has 0 spiro atoms. The number of rotatable bonds is 8. The molecule has 0 radical (unpaired) electrons. The second-order valence-corrected chi connectivity index (χ2v) is 6.24. The molecule has 0 amide bonds. The van der Waals surface area contributed by atoms with Gasteiger partial charge in [-0.15, -0.1) is 0 Å². The minimum atomic E-state index is 0.865. The summed E-state index contributed by atoms with van der Waals surface area (Å²) in [5, 5.41) is 3.50. The van der Waals surface area contributed by atoms with Crippen molar-refractivity contribution >= 4 is 5.82 Å². The largest absolute Gasteiger partial charge is 0.356 e. The fourth-order valence-corrected chi connectivity index (χ4v) is 3.17. The van der Waals surface area contributed by atoms with Crippen LogP contribution in [0.5, 0.6) is 0 Å². The van der Waals surface area contributed by atoms with Crippen LogP contribution in [0.15, 0.2) is 12.1 Å². The lowest BCUT2D eigenvalue weighted by Gasteiger charge is -2.19. The molecule has 1 aromatic rings. The van der Waals surface area contributed by atoms with E-state index in [1.807, 2.05) is 0 Å². The maximum atomic E-state index is 4.85. The van der Waals surface area contributed by atoms with Crippen molar-refractivity contribution in [3.8, 4) is 0 Å². The third-order valence-corrected chi connectivity index (χ3v) is 4.35. The van der Waals surface area contributed by atoms with Gasteiger partial charge in [0.25, 0.3) is 0 Å². The van der Waals surface area contributed by atoms with Crippen molar-refractivity contribution in [2.75, 3.05) is 24.5 Å². The summed E-state index contributed by atoms with van der Waals surface area (Å²) in [6.45, 7) is 11.1. The smallest absolute Gasteiger partial charge is 0.129 e. The van der Waals surface area contributed by atoms with E-state index in [0.29, 0.717) is 0 Å². The maximum Gasteiger partial charge on any atom is 0.129 e. The van der Waals surface area contributed by atoms with E-state index in [4.69, 9.17) is 4.98 Å². The van der Waals surface area contributed by atoms with E-state index in [1.165, 1.54) is 55.8 Å². The highest BCUT2D eigenvalue weighted by molar-refractivity contribution is 5.44. The van der Waals surface area contributed by atoms with Gasteiger partial charge < -0.3 is 10.2 Å². The molecular weight excluding hydrogens is 258 g/mol. The van der Waals surface area contributed by atoms with Crippen LogP contribution in [0.1, 0.15) is 57.7 Å². The molecule has 1 aliphatic heterocycles. The Labute approximate surface area is 130 Å². The first kappa shape index (κ1) is 16.3. The molecule has 2 heterocycles. The number of nitrogens with zero attached hydrogens (tertiary/aromatic N) is 2. The molecule has 1 aromatic heterocycles. The highest BCUT2D eigenvalue weighted by Gasteiger charge is 2.23. The standard InChI is InChI=1S/C18H31N3/c1-4-7-15-8-10-21(14-15)18-12-16(13-19-9-5-2)11-17(6-3)20-18/h11-12,15,19H,4-10,13-14H2,1-3H3. The fraction of sp³-hybridized carbons (Fsp3) is 0.722. The van der Waals surface area contributed by atoms with Crippen LogP contribution in [0.25, 0.3) is 0 Å². The first-order valence-corrected chi connectivity index (χ1v) is 8.72. The van der Waals surface area contributed by atoms with E-state index in [1.54, 1.807) is 0 Å². The third kappa shape index (κ3) is 4.70. The third-order valence-electron chi connectivity index (χ3n) is 4.35. The van der Waals surface area contributed by atoms with Gasteiger partial charge in [-0.3, -0.25) is 0 Å². The van der Waals surface area contributed by atoms with Crippen LogP contribution in [-0.4, -0.2) is 24.6 Å². The SMILES string of the molecule is CCCNCc1cc(CC)nc(N2CCC(CCC)C2)c1. The van der Waals surface area contributed by atoms with E-state index in [-0.39, 0.29) is 0 Å². The normalized spacial score (nSPS) is 18.4. The van der Waals surface area contributed by atoms with Crippen LogP contribution < -0.4 is 10.2 Å². The van der Waals surface area contributed by atoms with Crippen molar-refractivity contribution in [1.82, 2.24) is 10.3 Å². The minimum Gasteiger partial charge on any atom is -0.356 e. The Balaban J connectivity index is 2.06. The predicted molar refractivity (Wildman–Crippen MR) is 90.8 cm³/mol. The van der Waals surface area contributed by atoms with Gasteiger partial charge in [0.05, 0.1) is 0 Å². The molecule has 1 atom stereocenters. The van der Waals surface area contributed by atoms with Gasteiger partial charge >= 0.3 is 0 Å². The average Bonchev–Trinajstić information content (AvgIpc) is 2.96. The Hall–Kier alpha value is -1.09. The van der Waals surface area contributed by atoms with Crippen molar-refractivity contribution in [3.63, 3.8) is 0 Å². The minimum absolute atomic E-state index is 0.865. The zero-order valence-electron chi connectivity index (χ0n) is 14.0. The number of anilines is 1. The van der Waals surface area contributed by atoms with E-state index in [0.717, 1.165) is 25.4 Å². The lowest BCUT2D eigenvalue weighted by atomic mass is 10.0. The van der Waals surface area contributed by atoms with Crippen LogP contribution in [0.2, 0.25) is 0 Å². The van der Waals surface area contributed by atoms with Crippen molar-refractivity contribution < 1.29 is 0 Å². The van der Waals surface area contributed by atoms with Crippen molar-refractivity contribution in [3.05, 3.63) is 23.4 Å². The molecule has 1 N–H and O–H groups in total. The molecule has 1 fully saturated rings. The molecule has 0 aliphatic carbocycles. The van der Waals surface area contributed by atoms with E-state index in [9.17, 15) is 0 Å². The number of hydrogen-bond donors (Lipinski definition) is 1. The van der Waals surface area contributed by atoms with Crippen molar-refractivity contribution in [2.24, 2.45) is 5.92 Å². The Morgan fingerprint density at radius 3 is 2.81 bits per heavy atom. The number of pyridine rings is 1.